The maximum Gasteiger partial charge on any atom is 0.270 e. The summed E-state index contributed by atoms with van der Waals surface area (Å²) in [5, 5.41) is 16.8. The molecule has 0 unspecified atom stereocenters. The Bertz CT molecular complexity index is 507. The van der Waals surface area contributed by atoms with Crippen molar-refractivity contribution in [3.05, 3.63) is 38.9 Å². The van der Waals surface area contributed by atoms with Crippen molar-refractivity contribution in [3.63, 3.8) is 0 Å². The Morgan fingerprint density at radius 3 is 2.70 bits per heavy atom. The second-order valence-electron chi connectivity index (χ2n) is 4.54. The number of nitrogens with one attached hydrogen (secondary N) is 2. The maximum atomic E-state index is 11.7. The number of non-ortho nitro benzene ring substituents is 1. The third-order valence-corrected chi connectivity index (χ3v) is 3.40. The molecule has 0 aliphatic carbocycles. The molecule has 0 radical (unpaired) electrons. The number of carbonyl (C=O) groups excluding carboxylic acids is 1. The molecule has 6 nitrogen and oxygen atoms in total. The second-order valence-corrected chi connectivity index (χ2v) is 4.95. The van der Waals surface area contributed by atoms with Crippen LogP contribution in [-0.2, 0) is 11.2 Å². The van der Waals surface area contributed by atoms with E-state index in [-0.39, 0.29) is 35.4 Å². The van der Waals surface area contributed by atoms with E-state index in [2.05, 4.69) is 10.6 Å². The molecule has 0 saturated carbocycles. The van der Waals surface area contributed by atoms with Crippen molar-refractivity contribution in [2.75, 3.05) is 19.6 Å². The van der Waals surface area contributed by atoms with Crippen LogP contribution in [0.3, 0.4) is 0 Å². The second kappa shape index (κ2) is 7.42. The van der Waals surface area contributed by atoms with Gasteiger partial charge >= 0.3 is 0 Å². The van der Waals surface area contributed by atoms with Gasteiger partial charge < -0.3 is 10.6 Å². The van der Waals surface area contributed by atoms with Crippen molar-refractivity contribution in [1.82, 2.24) is 10.6 Å². The summed E-state index contributed by atoms with van der Waals surface area (Å²) in [5.41, 5.74) is 0.520. The fraction of sp³-hybridized carbons (Fsp3) is 0.417. The van der Waals surface area contributed by atoms with Crippen LogP contribution in [0.2, 0.25) is 5.02 Å². The Morgan fingerprint density at radius 2 is 2.20 bits per heavy atom. The van der Waals surface area contributed by atoms with Gasteiger partial charge in [-0.2, -0.15) is 0 Å². The molecule has 20 heavy (non-hydrogen) atoms. The van der Waals surface area contributed by atoms with Gasteiger partial charge in [-0.3, -0.25) is 14.9 Å². The number of carbonyl (C=O) groups is 1. The molecular formula is C12H15Cl2N3O3. The Morgan fingerprint density at radius 1 is 1.50 bits per heavy atom. The van der Waals surface area contributed by atoms with E-state index < -0.39 is 4.92 Å². The lowest BCUT2D eigenvalue weighted by Gasteiger charge is -2.27. The van der Waals surface area contributed by atoms with Crippen LogP contribution in [0.25, 0.3) is 0 Å². The Kier molecular flexibility index (Phi) is 6.19. The first-order chi connectivity index (χ1) is 9.06. The number of nitrogens with zero attached hydrogens (tertiary/aromatic N) is 1. The molecule has 110 valence electrons. The third-order valence-electron chi connectivity index (χ3n) is 3.05. The summed E-state index contributed by atoms with van der Waals surface area (Å²) in [7, 11) is 0. The average molecular weight is 320 g/mol. The minimum Gasteiger partial charge on any atom is -0.355 e. The van der Waals surface area contributed by atoms with Crippen molar-refractivity contribution < 1.29 is 9.72 Å². The fourth-order valence-electron chi connectivity index (χ4n) is 1.78. The summed E-state index contributed by atoms with van der Waals surface area (Å²) >= 11 is 5.92. The molecule has 1 fully saturated rings. The van der Waals surface area contributed by atoms with Gasteiger partial charge in [-0.1, -0.05) is 17.7 Å². The third kappa shape index (κ3) is 4.33. The fourth-order valence-corrected chi connectivity index (χ4v) is 2.02. The Labute approximate surface area is 127 Å². The molecule has 1 aliphatic heterocycles. The molecule has 1 saturated heterocycles. The highest BCUT2D eigenvalue weighted by atomic mass is 35.5. The molecule has 1 aromatic rings. The summed E-state index contributed by atoms with van der Waals surface area (Å²) < 4.78 is 0. The lowest BCUT2D eigenvalue weighted by molar-refractivity contribution is -0.384. The van der Waals surface area contributed by atoms with Gasteiger partial charge in [0.1, 0.15) is 0 Å². The summed E-state index contributed by atoms with van der Waals surface area (Å²) in [6.45, 7) is 2.51. The van der Waals surface area contributed by atoms with Crippen LogP contribution in [0.1, 0.15) is 5.56 Å². The number of amides is 1. The molecule has 2 N–H and O–H groups in total. The Hall–Kier alpha value is -1.37. The van der Waals surface area contributed by atoms with Gasteiger partial charge in [0, 0.05) is 37.7 Å². The van der Waals surface area contributed by atoms with Crippen molar-refractivity contribution in [1.29, 1.82) is 0 Å². The molecule has 0 bridgehead atoms. The highest BCUT2D eigenvalue weighted by Crippen LogP contribution is 2.22. The molecule has 0 spiro atoms. The van der Waals surface area contributed by atoms with Crippen LogP contribution in [0.4, 0.5) is 5.69 Å². The molecule has 1 amide bonds. The minimum absolute atomic E-state index is 0. The van der Waals surface area contributed by atoms with Gasteiger partial charge in [0.15, 0.2) is 0 Å². The average Bonchev–Trinajstić information content (AvgIpc) is 2.29. The summed E-state index contributed by atoms with van der Waals surface area (Å²) in [4.78, 5) is 21.8. The quantitative estimate of drug-likeness (QED) is 0.637. The summed E-state index contributed by atoms with van der Waals surface area (Å²) in [6.07, 6.45) is 0.136. The van der Waals surface area contributed by atoms with Crippen LogP contribution in [0.15, 0.2) is 18.2 Å². The zero-order valence-electron chi connectivity index (χ0n) is 10.6. The van der Waals surface area contributed by atoms with E-state index in [9.17, 15) is 14.9 Å². The minimum atomic E-state index is -0.515. The number of hydrogen-bond acceptors (Lipinski definition) is 4. The molecule has 0 aromatic heterocycles. The van der Waals surface area contributed by atoms with E-state index >= 15 is 0 Å². The largest absolute Gasteiger partial charge is 0.355 e. The molecule has 1 aromatic carbocycles. The molecule has 1 aliphatic rings. The number of nitro benzene ring substituents is 1. The number of rotatable bonds is 5. The van der Waals surface area contributed by atoms with Gasteiger partial charge in [0.05, 0.1) is 16.4 Å². The van der Waals surface area contributed by atoms with Gasteiger partial charge in [0.2, 0.25) is 5.91 Å². The van der Waals surface area contributed by atoms with Crippen LogP contribution in [0.5, 0.6) is 0 Å². The molecule has 8 heteroatoms. The van der Waals surface area contributed by atoms with Crippen molar-refractivity contribution in [2.45, 2.75) is 6.42 Å². The number of benzene rings is 1. The lowest BCUT2D eigenvalue weighted by Crippen LogP contribution is -2.48. The van der Waals surface area contributed by atoms with Gasteiger partial charge in [-0.15, -0.1) is 12.4 Å². The summed E-state index contributed by atoms with van der Waals surface area (Å²) in [6, 6.07) is 4.13. The first kappa shape index (κ1) is 16.7. The molecule has 1 heterocycles. The summed E-state index contributed by atoms with van der Waals surface area (Å²) in [5.74, 6) is 0.374. The molecule has 2 rings (SSSR count). The number of halogens is 2. The van der Waals surface area contributed by atoms with Crippen LogP contribution >= 0.6 is 24.0 Å². The predicted octanol–water partition coefficient (Wildman–Crippen LogP) is 1.55. The predicted molar refractivity (Wildman–Crippen MR) is 78.4 cm³/mol. The van der Waals surface area contributed by atoms with E-state index in [0.717, 1.165) is 13.1 Å². The van der Waals surface area contributed by atoms with Crippen LogP contribution in [0, 0.1) is 16.0 Å². The molecular weight excluding hydrogens is 305 g/mol. The zero-order valence-corrected chi connectivity index (χ0v) is 12.2. The lowest BCUT2D eigenvalue weighted by atomic mass is 10.0. The topological polar surface area (TPSA) is 84.3 Å². The van der Waals surface area contributed by atoms with E-state index in [1.165, 1.54) is 18.2 Å². The van der Waals surface area contributed by atoms with E-state index in [1.54, 1.807) is 0 Å². The van der Waals surface area contributed by atoms with Gasteiger partial charge in [-0.05, 0) is 5.56 Å². The number of nitro groups is 1. The maximum absolute atomic E-state index is 11.7. The smallest absolute Gasteiger partial charge is 0.270 e. The SMILES string of the molecule is Cl.O=C(Cc1ccc([N+](=O)[O-])cc1Cl)NCC1CNC1. The highest BCUT2D eigenvalue weighted by Gasteiger charge is 2.18. The van der Waals surface area contributed by atoms with Gasteiger partial charge in [-0.25, -0.2) is 0 Å². The Balaban J connectivity index is 0.00000200. The van der Waals surface area contributed by atoms with Crippen molar-refractivity contribution >= 4 is 35.6 Å². The van der Waals surface area contributed by atoms with Crippen LogP contribution in [-0.4, -0.2) is 30.5 Å². The number of hydrogen-bond donors (Lipinski definition) is 2. The van der Waals surface area contributed by atoms with E-state index in [0.29, 0.717) is 18.0 Å². The van der Waals surface area contributed by atoms with Crippen molar-refractivity contribution in [2.24, 2.45) is 5.92 Å². The first-order valence-corrected chi connectivity index (χ1v) is 6.34. The van der Waals surface area contributed by atoms with Gasteiger partial charge in [0.25, 0.3) is 5.69 Å². The standard InChI is InChI=1S/C12H14ClN3O3.ClH/c13-11-4-10(16(18)19)2-1-9(11)3-12(17)15-7-8-5-14-6-8;/h1-2,4,8,14H,3,5-7H2,(H,15,17);1H. The monoisotopic (exact) mass is 319 g/mol. The van der Waals surface area contributed by atoms with E-state index in [1.807, 2.05) is 0 Å². The van der Waals surface area contributed by atoms with Crippen LogP contribution < -0.4 is 10.6 Å². The first-order valence-electron chi connectivity index (χ1n) is 5.96. The van der Waals surface area contributed by atoms with E-state index in [4.69, 9.17) is 11.6 Å². The normalized spacial score (nSPS) is 14.1. The van der Waals surface area contributed by atoms with Crippen molar-refractivity contribution in [3.8, 4) is 0 Å². The highest BCUT2D eigenvalue weighted by molar-refractivity contribution is 6.31. The molecule has 0 atom stereocenters. The zero-order chi connectivity index (χ0) is 13.8.